The highest BCUT2D eigenvalue weighted by Crippen LogP contribution is 2.29. The molecule has 0 spiro atoms. The zero-order valence-electron chi connectivity index (χ0n) is 9.61. The average molecular weight is 322 g/mol. The monoisotopic (exact) mass is 320 g/mol. The van der Waals surface area contributed by atoms with E-state index < -0.39 is 11.0 Å². The van der Waals surface area contributed by atoms with Crippen molar-refractivity contribution >= 4 is 40.0 Å². The summed E-state index contributed by atoms with van der Waals surface area (Å²) in [6.07, 6.45) is 0. The minimum Gasteiger partial charge on any atom is -0.393 e. The van der Waals surface area contributed by atoms with Crippen LogP contribution in [0.3, 0.4) is 0 Å². The molecule has 5 nitrogen and oxygen atoms in total. The molecule has 0 fully saturated rings. The first-order chi connectivity index (χ1) is 8.90. The van der Waals surface area contributed by atoms with Crippen LogP contribution in [0.2, 0.25) is 10.0 Å². The second-order valence-corrected chi connectivity index (χ2v) is 4.83. The highest BCUT2D eigenvalue weighted by Gasteiger charge is 2.17. The molecule has 100 valence electrons. The third-order valence-electron chi connectivity index (χ3n) is 2.41. The Labute approximate surface area is 122 Å². The molecule has 0 radical (unpaired) electrons. The number of carbonyl (C=O) groups excluding carboxylic acids is 1. The van der Waals surface area contributed by atoms with E-state index >= 15 is 0 Å². The maximum Gasteiger partial charge on any atom is 0.437 e. The molecular weight excluding hydrogens is 314 g/mol. The molecule has 0 N–H and O–H groups in total. The van der Waals surface area contributed by atoms with E-state index in [4.69, 9.17) is 39.2 Å². The SMILES string of the molecule is Cc1nn(Cc2c(Cl)ccc(C(=O)Cl)c2Cl)c(=O)o1. The van der Waals surface area contributed by atoms with Crippen molar-refractivity contribution in [3.63, 3.8) is 0 Å². The van der Waals surface area contributed by atoms with Crippen LogP contribution in [0, 0.1) is 6.92 Å². The van der Waals surface area contributed by atoms with Crippen molar-refractivity contribution in [2.75, 3.05) is 0 Å². The molecule has 0 unspecified atom stereocenters. The lowest BCUT2D eigenvalue weighted by Gasteiger charge is -2.08. The number of carbonyl (C=O) groups is 1. The number of nitrogens with zero attached hydrogens (tertiary/aromatic N) is 2. The minimum atomic E-state index is -0.702. The molecule has 2 rings (SSSR count). The molecule has 0 aliphatic heterocycles. The highest BCUT2D eigenvalue weighted by molar-refractivity contribution is 6.68. The zero-order valence-corrected chi connectivity index (χ0v) is 11.9. The molecule has 8 heteroatoms. The number of benzene rings is 1. The lowest BCUT2D eigenvalue weighted by atomic mass is 10.1. The van der Waals surface area contributed by atoms with E-state index in [1.807, 2.05) is 0 Å². The van der Waals surface area contributed by atoms with Gasteiger partial charge >= 0.3 is 5.76 Å². The van der Waals surface area contributed by atoms with Crippen LogP contribution >= 0.6 is 34.8 Å². The average Bonchev–Trinajstić information content (AvgIpc) is 2.62. The summed E-state index contributed by atoms with van der Waals surface area (Å²) in [5.41, 5.74) is 0.501. The van der Waals surface area contributed by atoms with Gasteiger partial charge in [-0.1, -0.05) is 23.2 Å². The van der Waals surface area contributed by atoms with Gasteiger partial charge in [-0.2, -0.15) is 4.68 Å². The van der Waals surface area contributed by atoms with Crippen molar-refractivity contribution in [2.45, 2.75) is 13.5 Å². The van der Waals surface area contributed by atoms with E-state index in [0.29, 0.717) is 10.6 Å². The summed E-state index contributed by atoms with van der Waals surface area (Å²) in [6.45, 7) is 1.53. The predicted molar refractivity (Wildman–Crippen MR) is 71.2 cm³/mol. The Bertz CT molecular complexity index is 706. The normalized spacial score (nSPS) is 10.7. The van der Waals surface area contributed by atoms with E-state index in [2.05, 4.69) is 5.10 Å². The molecule has 0 saturated carbocycles. The van der Waals surface area contributed by atoms with E-state index in [-0.39, 0.29) is 23.0 Å². The van der Waals surface area contributed by atoms with Crippen LogP contribution in [0.1, 0.15) is 21.8 Å². The number of hydrogen-bond acceptors (Lipinski definition) is 4. The van der Waals surface area contributed by atoms with Crippen molar-refractivity contribution < 1.29 is 9.21 Å². The van der Waals surface area contributed by atoms with Crippen LogP contribution in [-0.2, 0) is 6.54 Å². The first-order valence-electron chi connectivity index (χ1n) is 5.11. The van der Waals surface area contributed by atoms with Gasteiger partial charge < -0.3 is 4.42 Å². The maximum absolute atomic E-state index is 11.4. The Morgan fingerprint density at radius 2 is 2.11 bits per heavy atom. The van der Waals surface area contributed by atoms with Crippen molar-refractivity contribution in [1.29, 1.82) is 0 Å². The van der Waals surface area contributed by atoms with Gasteiger partial charge in [0.1, 0.15) is 0 Å². The molecule has 1 aromatic heterocycles. The molecule has 0 aliphatic rings. The van der Waals surface area contributed by atoms with E-state index in [1.165, 1.54) is 12.1 Å². The van der Waals surface area contributed by atoms with Crippen LogP contribution in [-0.4, -0.2) is 15.0 Å². The fraction of sp³-hybridized carbons (Fsp3) is 0.182. The Balaban J connectivity index is 2.51. The topological polar surface area (TPSA) is 65.1 Å². The van der Waals surface area contributed by atoms with E-state index in [0.717, 1.165) is 4.68 Å². The molecule has 19 heavy (non-hydrogen) atoms. The van der Waals surface area contributed by atoms with Gasteiger partial charge in [0.05, 0.1) is 17.1 Å². The van der Waals surface area contributed by atoms with Gasteiger partial charge in [-0.3, -0.25) is 4.79 Å². The first kappa shape index (κ1) is 14.1. The van der Waals surface area contributed by atoms with Gasteiger partial charge in [0.2, 0.25) is 5.89 Å². The minimum absolute atomic E-state index is 0.00809. The molecule has 0 saturated heterocycles. The first-order valence-corrected chi connectivity index (χ1v) is 6.25. The Morgan fingerprint density at radius 3 is 2.63 bits per heavy atom. The Morgan fingerprint density at radius 1 is 1.42 bits per heavy atom. The summed E-state index contributed by atoms with van der Waals surface area (Å²) < 4.78 is 5.82. The van der Waals surface area contributed by atoms with Gasteiger partial charge in [-0.25, -0.2) is 4.79 Å². The quantitative estimate of drug-likeness (QED) is 0.815. The third-order valence-corrected chi connectivity index (χ3v) is 3.40. The summed E-state index contributed by atoms with van der Waals surface area (Å²) in [6, 6.07) is 2.90. The van der Waals surface area contributed by atoms with Crippen molar-refractivity contribution in [2.24, 2.45) is 0 Å². The lowest BCUT2D eigenvalue weighted by Crippen LogP contribution is -2.17. The van der Waals surface area contributed by atoms with Gasteiger partial charge in [0, 0.05) is 17.5 Å². The van der Waals surface area contributed by atoms with Crippen LogP contribution in [0.5, 0.6) is 0 Å². The predicted octanol–water partition coefficient (Wildman–Crippen LogP) is 2.88. The van der Waals surface area contributed by atoms with Gasteiger partial charge in [0.25, 0.3) is 5.24 Å². The summed E-state index contributed by atoms with van der Waals surface area (Å²) >= 11 is 17.5. The number of rotatable bonds is 3. The largest absolute Gasteiger partial charge is 0.437 e. The molecule has 1 aromatic carbocycles. The third kappa shape index (κ3) is 2.83. The summed E-state index contributed by atoms with van der Waals surface area (Å²) in [4.78, 5) is 22.6. The highest BCUT2D eigenvalue weighted by atomic mass is 35.5. The second-order valence-electron chi connectivity index (χ2n) is 3.71. The molecule has 1 heterocycles. The molecule has 0 atom stereocenters. The molecule has 0 aliphatic carbocycles. The van der Waals surface area contributed by atoms with E-state index in [1.54, 1.807) is 6.92 Å². The Hall–Kier alpha value is -1.30. The number of aryl methyl sites for hydroxylation is 1. The van der Waals surface area contributed by atoms with Crippen LogP contribution in [0.25, 0.3) is 0 Å². The van der Waals surface area contributed by atoms with Crippen LogP contribution < -0.4 is 5.76 Å². The van der Waals surface area contributed by atoms with Crippen molar-refractivity contribution in [3.05, 3.63) is 49.7 Å². The van der Waals surface area contributed by atoms with Gasteiger partial charge in [-0.05, 0) is 23.7 Å². The number of aromatic nitrogens is 2. The molecule has 0 bridgehead atoms. The van der Waals surface area contributed by atoms with Crippen molar-refractivity contribution in [1.82, 2.24) is 9.78 Å². The molecular formula is C11H7Cl3N2O3. The second kappa shape index (κ2) is 5.36. The summed E-state index contributed by atoms with van der Waals surface area (Å²) in [5.74, 6) is -0.408. The fourth-order valence-electron chi connectivity index (χ4n) is 1.55. The van der Waals surface area contributed by atoms with E-state index in [9.17, 15) is 9.59 Å². The summed E-state index contributed by atoms with van der Waals surface area (Å²) in [5, 5.41) is 3.56. The smallest absolute Gasteiger partial charge is 0.393 e. The van der Waals surface area contributed by atoms with Gasteiger partial charge in [0.15, 0.2) is 0 Å². The summed E-state index contributed by atoms with van der Waals surface area (Å²) in [7, 11) is 0. The number of halogens is 3. The fourth-order valence-corrected chi connectivity index (χ4v) is 2.34. The van der Waals surface area contributed by atoms with Crippen molar-refractivity contribution in [3.8, 4) is 0 Å². The molecule has 2 aromatic rings. The number of hydrogen-bond donors (Lipinski definition) is 0. The lowest BCUT2D eigenvalue weighted by molar-refractivity contribution is 0.108. The van der Waals surface area contributed by atoms with Crippen LogP contribution in [0.15, 0.2) is 21.3 Å². The Kier molecular flexibility index (Phi) is 3.99. The molecule has 0 amide bonds. The zero-order chi connectivity index (χ0) is 14.2. The maximum atomic E-state index is 11.4. The standard InChI is InChI=1S/C11H7Cl3N2O3/c1-5-15-16(11(18)19-5)4-7-8(12)3-2-6(9(7)13)10(14)17/h2-3H,4H2,1H3. The van der Waals surface area contributed by atoms with Crippen LogP contribution in [0.4, 0.5) is 0 Å². The van der Waals surface area contributed by atoms with Gasteiger partial charge in [-0.15, -0.1) is 5.10 Å².